The molecular formula is C25H26ClFN2O7S2. The summed E-state index contributed by atoms with van der Waals surface area (Å²) in [4.78, 5) is 12.9. The van der Waals surface area contributed by atoms with Gasteiger partial charge < -0.3 is 14.8 Å². The van der Waals surface area contributed by atoms with E-state index in [0.717, 1.165) is 22.7 Å². The molecule has 0 heterocycles. The van der Waals surface area contributed by atoms with Crippen LogP contribution in [-0.2, 0) is 24.7 Å². The van der Waals surface area contributed by atoms with Gasteiger partial charge in [-0.3, -0.25) is 9.10 Å². The van der Waals surface area contributed by atoms with Crippen molar-refractivity contribution in [2.24, 2.45) is 0 Å². The molecule has 9 nitrogen and oxygen atoms in total. The average Bonchev–Trinajstić information content (AvgIpc) is 2.87. The lowest BCUT2D eigenvalue weighted by molar-refractivity contribution is -0.120. The highest BCUT2D eigenvalue weighted by molar-refractivity contribution is 7.93. The smallest absolute Gasteiger partial charge is 0.264 e. The molecule has 38 heavy (non-hydrogen) atoms. The highest BCUT2D eigenvalue weighted by Gasteiger charge is 2.29. The predicted molar refractivity (Wildman–Crippen MR) is 142 cm³/mol. The van der Waals surface area contributed by atoms with E-state index < -0.39 is 44.2 Å². The van der Waals surface area contributed by atoms with Crippen LogP contribution in [0.3, 0.4) is 0 Å². The summed E-state index contributed by atoms with van der Waals surface area (Å²) in [6, 6.07) is 12.6. The number of rotatable bonds is 10. The number of halogens is 2. The van der Waals surface area contributed by atoms with Gasteiger partial charge in [0.25, 0.3) is 10.0 Å². The van der Waals surface area contributed by atoms with Gasteiger partial charge in [-0.25, -0.2) is 21.2 Å². The van der Waals surface area contributed by atoms with Gasteiger partial charge in [0.05, 0.1) is 40.8 Å². The third kappa shape index (κ3) is 6.55. The Kier molecular flexibility index (Phi) is 8.90. The topological polar surface area (TPSA) is 119 Å². The van der Waals surface area contributed by atoms with Gasteiger partial charge in [0.1, 0.15) is 12.4 Å². The molecule has 0 aliphatic heterocycles. The van der Waals surface area contributed by atoms with E-state index >= 15 is 0 Å². The van der Waals surface area contributed by atoms with Gasteiger partial charge in [-0.05, 0) is 55.0 Å². The number of methoxy groups -OCH3 is 2. The van der Waals surface area contributed by atoms with Crippen molar-refractivity contribution in [1.82, 2.24) is 5.32 Å². The number of carbonyl (C=O) groups excluding carboxylic acids is 1. The first-order valence-corrected chi connectivity index (χ1v) is 14.8. The Labute approximate surface area is 226 Å². The van der Waals surface area contributed by atoms with Gasteiger partial charge in [-0.15, -0.1) is 0 Å². The van der Waals surface area contributed by atoms with Gasteiger partial charge in [0, 0.05) is 12.3 Å². The maximum Gasteiger partial charge on any atom is 0.264 e. The second-order valence-electron chi connectivity index (χ2n) is 8.26. The highest BCUT2D eigenvalue weighted by atomic mass is 35.5. The molecule has 0 fully saturated rings. The number of sulfone groups is 1. The van der Waals surface area contributed by atoms with Crippen molar-refractivity contribution in [3.63, 3.8) is 0 Å². The van der Waals surface area contributed by atoms with E-state index in [1.807, 2.05) is 0 Å². The van der Waals surface area contributed by atoms with Crippen molar-refractivity contribution in [1.29, 1.82) is 0 Å². The first kappa shape index (κ1) is 29.2. The van der Waals surface area contributed by atoms with Crippen molar-refractivity contribution in [2.75, 3.05) is 31.3 Å². The number of amides is 1. The van der Waals surface area contributed by atoms with Crippen molar-refractivity contribution in [2.45, 2.75) is 22.8 Å². The molecule has 0 saturated carbocycles. The van der Waals surface area contributed by atoms with Crippen LogP contribution in [0, 0.1) is 5.82 Å². The van der Waals surface area contributed by atoms with Gasteiger partial charge in [0.2, 0.25) is 5.91 Å². The normalized spacial score (nSPS) is 12.5. The molecule has 1 amide bonds. The van der Waals surface area contributed by atoms with E-state index in [2.05, 4.69) is 5.32 Å². The number of anilines is 1. The number of ether oxygens (including phenoxy) is 2. The minimum Gasteiger partial charge on any atom is -0.493 e. The Balaban J connectivity index is 1.94. The van der Waals surface area contributed by atoms with Crippen LogP contribution in [-0.4, -0.2) is 49.8 Å². The second kappa shape index (κ2) is 11.6. The average molecular weight is 585 g/mol. The van der Waals surface area contributed by atoms with E-state index in [-0.39, 0.29) is 26.3 Å². The standard InChI is InChI=1S/C25H26ClFN2O7S2/c1-16(17-5-8-19(9-6-17)37(4,31)32)28-25(30)15-29(18-7-11-22(27)21(26)13-18)38(33,34)20-10-12-23(35-2)24(14-20)36-3/h5-14,16H,15H2,1-4H3,(H,28,30). The second-order valence-corrected chi connectivity index (χ2v) is 12.5. The largest absolute Gasteiger partial charge is 0.493 e. The van der Waals surface area contributed by atoms with Crippen LogP contribution in [0.4, 0.5) is 10.1 Å². The Hall–Kier alpha value is -3.35. The van der Waals surface area contributed by atoms with Crippen molar-refractivity contribution in [3.05, 3.63) is 77.1 Å². The number of benzene rings is 3. The summed E-state index contributed by atoms with van der Waals surface area (Å²) in [6.45, 7) is 1.000. The maximum atomic E-state index is 13.8. The van der Waals surface area contributed by atoms with E-state index in [0.29, 0.717) is 11.3 Å². The fraction of sp³-hybridized carbons (Fsp3) is 0.240. The SMILES string of the molecule is COc1ccc(S(=O)(=O)N(CC(=O)NC(C)c2ccc(S(C)(=O)=O)cc2)c2ccc(F)c(Cl)c2)cc1OC. The fourth-order valence-electron chi connectivity index (χ4n) is 3.56. The van der Waals surface area contributed by atoms with E-state index in [9.17, 15) is 26.0 Å². The quantitative estimate of drug-likeness (QED) is 0.383. The molecule has 3 aromatic carbocycles. The molecule has 1 atom stereocenters. The van der Waals surface area contributed by atoms with Crippen LogP contribution >= 0.6 is 11.6 Å². The Morgan fingerprint density at radius 3 is 2.11 bits per heavy atom. The molecule has 0 spiro atoms. The van der Waals surface area contributed by atoms with Crippen LogP contribution < -0.4 is 19.1 Å². The molecule has 3 aromatic rings. The van der Waals surface area contributed by atoms with Crippen LogP contribution in [0.5, 0.6) is 11.5 Å². The van der Waals surface area contributed by atoms with Crippen molar-refractivity contribution < 1.29 is 35.5 Å². The summed E-state index contributed by atoms with van der Waals surface area (Å²) >= 11 is 5.91. The molecule has 0 radical (unpaired) electrons. The van der Waals surface area contributed by atoms with E-state index in [1.165, 1.54) is 50.6 Å². The summed E-state index contributed by atoms with van der Waals surface area (Å²) in [5.41, 5.74) is 0.566. The van der Waals surface area contributed by atoms with E-state index in [1.54, 1.807) is 19.1 Å². The molecular weight excluding hydrogens is 559 g/mol. The summed E-state index contributed by atoms with van der Waals surface area (Å²) in [5.74, 6) is -0.971. The molecule has 0 aromatic heterocycles. The van der Waals surface area contributed by atoms with Crippen LogP contribution in [0.1, 0.15) is 18.5 Å². The van der Waals surface area contributed by atoms with Gasteiger partial charge in [0.15, 0.2) is 21.3 Å². The van der Waals surface area contributed by atoms with Crippen LogP contribution in [0.2, 0.25) is 5.02 Å². The Morgan fingerprint density at radius 1 is 0.947 bits per heavy atom. The Morgan fingerprint density at radius 2 is 1.55 bits per heavy atom. The molecule has 0 aliphatic carbocycles. The Bertz CT molecular complexity index is 1550. The van der Waals surface area contributed by atoms with Gasteiger partial charge in [-0.2, -0.15) is 0 Å². The van der Waals surface area contributed by atoms with Crippen LogP contribution in [0.15, 0.2) is 70.5 Å². The minimum atomic E-state index is -4.37. The molecule has 0 saturated heterocycles. The monoisotopic (exact) mass is 584 g/mol. The summed E-state index contributed by atoms with van der Waals surface area (Å²) in [5, 5.41) is 2.37. The first-order chi connectivity index (χ1) is 17.8. The summed E-state index contributed by atoms with van der Waals surface area (Å²) in [7, 11) is -5.01. The number of hydrogen-bond acceptors (Lipinski definition) is 7. The zero-order valence-electron chi connectivity index (χ0n) is 20.9. The maximum absolute atomic E-state index is 13.8. The third-order valence-electron chi connectivity index (χ3n) is 5.61. The van der Waals surface area contributed by atoms with Crippen LogP contribution in [0.25, 0.3) is 0 Å². The number of nitrogens with one attached hydrogen (secondary N) is 1. The molecule has 1 unspecified atom stereocenters. The molecule has 0 bridgehead atoms. The summed E-state index contributed by atoms with van der Waals surface area (Å²) in [6.07, 6.45) is 1.09. The van der Waals surface area contributed by atoms with Crippen molar-refractivity contribution in [3.8, 4) is 11.5 Å². The van der Waals surface area contributed by atoms with Crippen molar-refractivity contribution >= 4 is 43.1 Å². The number of carbonyl (C=O) groups is 1. The first-order valence-electron chi connectivity index (χ1n) is 11.1. The lowest BCUT2D eigenvalue weighted by Gasteiger charge is -2.25. The number of hydrogen-bond donors (Lipinski definition) is 1. The molecule has 0 aliphatic rings. The van der Waals surface area contributed by atoms with Gasteiger partial charge >= 0.3 is 0 Å². The summed E-state index contributed by atoms with van der Waals surface area (Å²) < 4.78 is 75.8. The van der Waals surface area contributed by atoms with Gasteiger partial charge in [-0.1, -0.05) is 23.7 Å². The lowest BCUT2D eigenvalue weighted by Crippen LogP contribution is -2.41. The molecule has 1 N–H and O–H groups in total. The zero-order chi connectivity index (χ0) is 28.3. The highest BCUT2D eigenvalue weighted by Crippen LogP contribution is 2.33. The van der Waals surface area contributed by atoms with E-state index in [4.69, 9.17) is 21.1 Å². The molecule has 3 rings (SSSR count). The number of nitrogens with zero attached hydrogens (tertiary/aromatic N) is 1. The lowest BCUT2D eigenvalue weighted by atomic mass is 10.1. The zero-order valence-corrected chi connectivity index (χ0v) is 23.3. The predicted octanol–water partition coefficient (Wildman–Crippen LogP) is 3.97. The fourth-order valence-corrected chi connectivity index (χ4v) is 5.80. The molecule has 13 heteroatoms. The number of sulfonamides is 1. The molecule has 204 valence electrons. The minimum absolute atomic E-state index is 0.0357. The third-order valence-corrected chi connectivity index (χ3v) is 8.80.